The van der Waals surface area contributed by atoms with Crippen LogP contribution in [-0.4, -0.2) is 26.3 Å². The molecule has 2 heteroatoms. The van der Waals surface area contributed by atoms with Gasteiger partial charge in [0.25, 0.3) is 0 Å². The van der Waals surface area contributed by atoms with E-state index in [0.717, 1.165) is 32.2 Å². The molecule has 0 radical (unpaired) electrons. The first-order valence-electron chi connectivity index (χ1n) is 5.91. The minimum Gasteiger partial charge on any atom is -0.380 e. The summed E-state index contributed by atoms with van der Waals surface area (Å²) < 4.78 is 5.46. The monoisotopic (exact) mass is 201 g/mol. The molecule has 0 saturated heterocycles. The Bertz CT molecular complexity index is 98.9. The van der Waals surface area contributed by atoms with Crippen molar-refractivity contribution in [1.82, 2.24) is 5.32 Å². The van der Waals surface area contributed by atoms with Gasteiger partial charge in [0.05, 0.1) is 6.61 Å². The average molecular weight is 201 g/mol. The van der Waals surface area contributed by atoms with Crippen LogP contribution in [0.15, 0.2) is 0 Å². The van der Waals surface area contributed by atoms with Gasteiger partial charge in [-0.25, -0.2) is 0 Å². The van der Waals surface area contributed by atoms with Crippen molar-refractivity contribution in [3.05, 3.63) is 0 Å². The van der Waals surface area contributed by atoms with E-state index in [2.05, 4.69) is 33.0 Å². The van der Waals surface area contributed by atoms with Crippen molar-refractivity contribution in [3.63, 3.8) is 0 Å². The highest BCUT2D eigenvalue weighted by molar-refractivity contribution is 4.50. The van der Waals surface area contributed by atoms with Crippen LogP contribution >= 0.6 is 0 Å². The molecule has 0 fully saturated rings. The zero-order chi connectivity index (χ0) is 10.8. The molecule has 14 heavy (non-hydrogen) atoms. The predicted molar refractivity (Wildman–Crippen MR) is 62.6 cm³/mol. The molecule has 0 aromatic carbocycles. The first kappa shape index (κ1) is 13.9. The normalized spacial score (nSPS) is 11.6. The molecular formula is C12H27NO. The molecule has 0 aliphatic carbocycles. The molecule has 0 saturated carbocycles. The lowest BCUT2D eigenvalue weighted by atomic mass is 10.1. The summed E-state index contributed by atoms with van der Waals surface area (Å²) in [6.45, 7) is 12.7. The standard InChI is InChI=1S/C12H27NO/c1-11(2)6-5-7-13-8-9-14-10-12(3)4/h11-13H,5-10H2,1-4H3. The number of ether oxygens (including phenoxy) is 1. The highest BCUT2D eigenvalue weighted by Gasteiger charge is 1.95. The van der Waals surface area contributed by atoms with Crippen LogP contribution in [0.4, 0.5) is 0 Å². The Labute approximate surface area is 89.4 Å². The Morgan fingerprint density at radius 3 is 2.29 bits per heavy atom. The highest BCUT2D eigenvalue weighted by atomic mass is 16.5. The average Bonchev–Trinajstić information content (AvgIpc) is 2.08. The van der Waals surface area contributed by atoms with Crippen LogP contribution in [0.3, 0.4) is 0 Å². The van der Waals surface area contributed by atoms with Crippen molar-refractivity contribution in [1.29, 1.82) is 0 Å². The zero-order valence-corrected chi connectivity index (χ0v) is 10.3. The van der Waals surface area contributed by atoms with Crippen LogP contribution in [0.25, 0.3) is 0 Å². The van der Waals surface area contributed by atoms with Gasteiger partial charge in [-0.3, -0.25) is 0 Å². The lowest BCUT2D eigenvalue weighted by Gasteiger charge is -2.08. The van der Waals surface area contributed by atoms with Gasteiger partial charge in [-0.15, -0.1) is 0 Å². The largest absolute Gasteiger partial charge is 0.380 e. The third-order valence-corrected chi connectivity index (χ3v) is 2.01. The smallest absolute Gasteiger partial charge is 0.0591 e. The maximum Gasteiger partial charge on any atom is 0.0591 e. The Kier molecular flexibility index (Phi) is 9.42. The third kappa shape index (κ3) is 11.9. The molecule has 0 aliphatic heterocycles. The second-order valence-corrected chi connectivity index (χ2v) is 4.75. The summed E-state index contributed by atoms with van der Waals surface area (Å²) in [4.78, 5) is 0. The first-order chi connectivity index (χ1) is 6.63. The molecule has 86 valence electrons. The van der Waals surface area contributed by atoms with Crippen molar-refractivity contribution < 1.29 is 4.74 Å². The number of hydrogen-bond donors (Lipinski definition) is 1. The topological polar surface area (TPSA) is 21.3 Å². The fraction of sp³-hybridized carbons (Fsp3) is 1.00. The van der Waals surface area contributed by atoms with Crippen LogP contribution in [-0.2, 0) is 4.74 Å². The second kappa shape index (κ2) is 9.47. The number of rotatable bonds is 9. The van der Waals surface area contributed by atoms with E-state index in [1.54, 1.807) is 0 Å². The summed E-state index contributed by atoms with van der Waals surface area (Å²) in [5, 5.41) is 3.39. The summed E-state index contributed by atoms with van der Waals surface area (Å²) >= 11 is 0. The number of hydrogen-bond acceptors (Lipinski definition) is 2. The van der Waals surface area contributed by atoms with Gasteiger partial charge in [-0.2, -0.15) is 0 Å². The maximum absolute atomic E-state index is 5.46. The quantitative estimate of drug-likeness (QED) is 0.579. The minimum absolute atomic E-state index is 0.649. The van der Waals surface area contributed by atoms with Gasteiger partial charge in [-0.05, 0) is 31.2 Å². The molecule has 0 atom stereocenters. The Morgan fingerprint density at radius 2 is 1.71 bits per heavy atom. The van der Waals surface area contributed by atoms with Gasteiger partial charge in [0.1, 0.15) is 0 Å². The molecule has 0 heterocycles. The number of nitrogens with one attached hydrogen (secondary N) is 1. The predicted octanol–water partition coefficient (Wildman–Crippen LogP) is 2.68. The van der Waals surface area contributed by atoms with Crippen LogP contribution in [0, 0.1) is 11.8 Å². The van der Waals surface area contributed by atoms with Crippen molar-refractivity contribution in [2.45, 2.75) is 40.5 Å². The summed E-state index contributed by atoms with van der Waals surface area (Å²) in [5.74, 6) is 1.48. The molecule has 2 nitrogen and oxygen atoms in total. The van der Waals surface area contributed by atoms with E-state index in [0.29, 0.717) is 5.92 Å². The van der Waals surface area contributed by atoms with Gasteiger partial charge in [0.15, 0.2) is 0 Å². The molecule has 0 unspecified atom stereocenters. The molecule has 0 aliphatic rings. The first-order valence-corrected chi connectivity index (χ1v) is 5.91. The fourth-order valence-electron chi connectivity index (χ4n) is 1.22. The van der Waals surface area contributed by atoms with E-state index >= 15 is 0 Å². The molecular weight excluding hydrogens is 174 g/mol. The van der Waals surface area contributed by atoms with Gasteiger partial charge < -0.3 is 10.1 Å². The van der Waals surface area contributed by atoms with Gasteiger partial charge in [0, 0.05) is 13.2 Å². The second-order valence-electron chi connectivity index (χ2n) is 4.75. The van der Waals surface area contributed by atoms with Crippen LogP contribution in [0.2, 0.25) is 0 Å². The Morgan fingerprint density at radius 1 is 1.00 bits per heavy atom. The van der Waals surface area contributed by atoms with E-state index < -0.39 is 0 Å². The molecule has 1 N–H and O–H groups in total. The van der Waals surface area contributed by atoms with Crippen LogP contribution < -0.4 is 5.32 Å². The molecule has 0 bridgehead atoms. The fourth-order valence-corrected chi connectivity index (χ4v) is 1.22. The summed E-state index contributed by atoms with van der Waals surface area (Å²) in [6.07, 6.45) is 2.60. The molecule has 0 aromatic heterocycles. The van der Waals surface area contributed by atoms with Crippen LogP contribution in [0.5, 0.6) is 0 Å². The molecule has 0 amide bonds. The van der Waals surface area contributed by atoms with E-state index in [9.17, 15) is 0 Å². The van der Waals surface area contributed by atoms with Gasteiger partial charge in [0.2, 0.25) is 0 Å². The third-order valence-electron chi connectivity index (χ3n) is 2.01. The summed E-state index contributed by atoms with van der Waals surface area (Å²) in [6, 6.07) is 0. The van der Waals surface area contributed by atoms with E-state index in [1.807, 2.05) is 0 Å². The van der Waals surface area contributed by atoms with Crippen molar-refractivity contribution in [2.75, 3.05) is 26.3 Å². The SMILES string of the molecule is CC(C)CCCNCCOCC(C)C. The lowest BCUT2D eigenvalue weighted by Crippen LogP contribution is -2.22. The minimum atomic E-state index is 0.649. The van der Waals surface area contributed by atoms with E-state index in [4.69, 9.17) is 4.74 Å². The van der Waals surface area contributed by atoms with Crippen LogP contribution in [0.1, 0.15) is 40.5 Å². The van der Waals surface area contributed by atoms with Gasteiger partial charge >= 0.3 is 0 Å². The lowest BCUT2D eigenvalue weighted by molar-refractivity contribution is 0.112. The van der Waals surface area contributed by atoms with E-state index in [1.165, 1.54) is 12.8 Å². The summed E-state index contributed by atoms with van der Waals surface area (Å²) in [5.41, 5.74) is 0. The molecule has 0 rings (SSSR count). The molecule has 0 spiro atoms. The molecule has 0 aromatic rings. The Hall–Kier alpha value is -0.0800. The van der Waals surface area contributed by atoms with Crippen molar-refractivity contribution in [3.8, 4) is 0 Å². The summed E-state index contributed by atoms with van der Waals surface area (Å²) in [7, 11) is 0. The van der Waals surface area contributed by atoms with Crippen molar-refractivity contribution in [2.24, 2.45) is 11.8 Å². The van der Waals surface area contributed by atoms with Gasteiger partial charge in [-0.1, -0.05) is 27.7 Å². The maximum atomic E-state index is 5.46. The Balaban J connectivity index is 2.92. The highest BCUT2D eigenvalue weighted by Crippen LogP contribution is 2.01. The zero-order valence-electron chi connectivity index (χ0n) is 10.3. The van der Waals surface area contributed by atoms with E-state index in [-0.39, 0.29) is 0 Å². The van der Waals surface area contributed by atoms with Crippen molar-refractivity contribution >= 4 is 0 Å².